The zero-order valence-corrected chi connectivity index (χ0v) is 18.4. The number of carbonyl (C=O) groups excluding carboxylic acids is 1. The summed E-state index contributed by atoms with van der Waals surface area (Å²) in [5.41, 5.74) is 0.604. The van der Waals surface area contributed by atoms with Crippen LogP contribution in [0.15, 0.2) is 24.3 Å². The van der Waals surface area contributed by atoms with Crippen LogP contribution in [-0.4, -0.2) is 49.3 Å². The molecule has 1 aromatic rings. The van der Waals surface area contributed by atoms with Crippen molar-refractivity contribution in [1.29, 1.82) is 0 Å². The Kier molecular flexibility index (Phi) is 7.76. The predicted octanol–water partition coefficient (Wildman–Crippen LogP) is 1.04. The van der Waals surface area contributed by atoms with Gasteiger partial charge in [0.2, 0.25) is 0 Å². The van der Waals surface area contributed by atoms with E-state index in [4.69, 9.17) is 9.47 Å². The summed E-state index contributed by atoms with van der Waals surface area (Å²) in [6.45, 7) is 7.11. The Morgan fingerprint density at radius 3 is 2.50 bits per heavy atom. The lowest BCUT2D eigenvalue weighted by atomic mass is 9.82. The van der Waals surface area contributed by atoms with Crippen LogP contribution in [0.4, 0.5) is 0 Å². The monoisotopic (exact) mass is 473 g/mol. The van der Waals surface area contributed by atoms with Gasteiger partial charge in [0, 0.05) is 12.3 Å². The molecule has 0 saturated carbocycles. The van der Waals surface area contributed by atoms with Crippen LogP contribution in [-0.2, 0) is 4.74 Å². The molecule has 26 heavy (non-hydrogen) atoms. The van der Waals surface area contributed by atoms with Crippen LogP contribution in [0.5, 0.6) is 5.75 Å². The fraction of sp³-hybridized carbons (Fsp3) is 0.667. The molecule has 0 N–H and O–H groups in total. The van der Waals surface area contributed by atoms with Crippen molar-refractivity contribution in [3.8, 4) is 5.75 Å². The molecule has 2 fully saturated rings. The lowest BCUT2D eigenvalue weighted by Crippen LogP contribution is -3.00. The molecule has 0 aliphatic carbocycles. The molecule has 0 bridgehead atoms. The molecule has 0 spiro atoms. The minimum atomic E-state index is -0.216. The van der Waals surface area contributed by atoms with Crippen molar-refractivity contribution in [3.63, 3.8) is 0 Å². The summed E-state index contributed by atoms with van der Waals surface area (Å²) in [7, 11) is 2.39. The molecule has 3 atom stereocenters. The molecule has 2 aliphatic heterocycles. The second-order valence-corrected chi connectivity index (χ2v) is 8.18. The van der Waals surface area contributed by atoms with Gasteiger partial charge in [0.15, 0.2) is 0 Å². The summed E-state index contributed by atoms with van der Waals surface area (Å²) >= 11 is 0. The first kappa shape index (κ1) is 21.5. The number of nitrogens with zero attached hydrogens (tertiary/aromatic N) is 1. The van der Waals surface area contributed by atoms with Crippen molar-refractivity contribution >= 4 is 5.97 Å². The van der Waals surface area contributed by atoms with Gasteiger partial charge in [0.05, 0.1) is 37.8 Å². The van der Waals surface area contributed by atoms with Gasteiger partial charge in [-0.3, -0.25) is 0 Å². The number of piperidine rings is 2. The fourth-order valence-electron chi connectivity index (χ4n) is 4.64. The van der Waals surface area contributed by atoms with Gasteiger partial charge in [0.1, 0.15) is 12.4 Å². The first-order valence-corrected chi connectivity index (χ1v) is 9.76. The third kappa shape index (κ3) is 5.12. The normalized spacial score (nSPS) is 28.0. The molecule has 3 rings (SSSR count). The number of esters is 1. The Balaban J connectivity index is 0.00000243. The van der Waals surface area contributed by atoms with Crippen LogP contribution >= 0.6 is 0 Å². The number of fused-ring (bicyclic) bond motifs is 1. The number of hydrogen-bond acceptors (Lipinski definition) is 3. The van der Waals surface area contributed by atoms with Crippen molar-refractivity contribution in [3.05, 3.63) is 29.8 Å². The molecule has 1 aromatic carbocycles. The molecule has 2 aliphatic rings. The number of ether oxygens (including phenoxy) is 2. The molecule has 5 heteroatoms. The summed E-state index contributed by atoms with van der Waals surface area (Å²) in [4.78, 5) is 12.4. The summed E-state index contributed by atoms with van der Waals surface area (Å²) in [6.07, 6.45) is 6.50. The third-order valence-corrected chi connectivity index (χ3v) is 5.90. The quantitative estimate of drug-likeness (QED) is 0.365. The summed E-state index contributed by atoms with van der Waals surface area (Å²) in [5, 5.41) is 0. The van der Waals surface area contributed by atoms with E-state index in [1.807, 2.05) is 26.0 Å². The summed E-state index contributed by atoms with van der Waals surface area (Å²) < 4.78 is 12.5. The molecular formula is C21H32INO3. The predicted molar refractivity (Wildman–Crippen MR) is 98.8 cm³/mol. The Morgan fingerprint density at radius 1 is 1.12 bits per heavy atom. The van der Waals surface area contributed by atoms with Gasteiger partial charge >= 0.3 is 5.97 Å². The van der Waals surface area contributed by atoms with Crippen molar-refractivity contribution < 1.29 is 42.7 Å². The number of benzene rings is 1. The number of rotatable bonds is 5. The lowest BCUT2D eigenvalue weighted by molar-refractivity contribution is -0.947. The molecule has 2 saturated heterocycles. The molecule has 0 aromatic heterocycles. The Labute approximate surface area is 174 Å². The Bertz CT molecular complexity index is 585. The molecule has 0 amide bonds. The van der Waals surface area contributed by atoms with E-state index in [9.17, 15) is 4.79 Å². The van der Waals surface area contributed by atoms with Crippen LogP contribution in [0.2, 0.25) is 0 Å². The van der Waals surface area contributed by atoms with Crippen LogP contribution in [0.25, 0.3) is 0 Å². The van der Waals surface area contributed by atoms with Gasteiger partial charge in [0.25, 0.3) is 0 Å². The maximum absolute atomic E-state index is 12.4. The van der Waals surface area contributed by atoms with Gasteiger partial charge in [-0.05, 0) is 63.8 Å². The maximum Gasteiger partial charge on any atom is 0.338 e. The highest BCUT2D eigenvalue weighted by molar-refractivity contribution is 5.89. The van der Waals surface area contributed by atoms with E-state index in [0.717, 1.165) is 5.75 Å². The molecule has 2 heterocycles. The van der Waals surface area contributed by atoms with Gasteiger partial charge in [-0.1, -0.05) is 0 Å². The number of carbonyl (C=O) groups is 1. The summed E-state index contributed by atoms with van der Waals surface area (Å²) in [6, 6.07) is 7.93. The van der Waals surface area contributed by atoms with E-state index in [0.29, 0.717) is 24.1 Å². The van der Waals surface area contributed by atoms with Crippen molar-refractivity contribution in [2.75, 3.05) is 26.7 Å². The van der Waals surface area contributed by atoms with Crippen molar-refractivity contribution in [2.24, 2.45) is 5.92 Å². The number of hydrogen-bond donors (Lipinski definition) is 0. The lowest BCUT2D eigenvalue weighted by Gasteiger charge is -2.51. The van der Waals surface area contributed by atoms with E-state index in [1.165, 1.54) is 49.7 Å². The maximum atomic E-state index is 12.4. The highest BCUT2D eigenvalue weighted by Gasteiger charge is 2.43. The van der Waals surface area contributed by atoms with Crippen LogP contribution in [0.1, 0.15) is 56.3 Å². The zero-order chi connectivity index (χ0) is 17.9. The highest BCUT2D eigenvalue weighted by Crippen LogP contribution is 2.36. The Hall–Kier alpha value is -0.820. The first-order chi connectivity index (χ1) is 12.0. The number of quaternary nitrogens is 1. The van der Waals surface area contributed by atoms with E-state index in [-0.39, 0.29) is 36.0 Å². The van der Waals surface area contributed by atoms with Crippen LogP contribution in [0, 0.1) is 5.92 Å². The highest BCUT2D eigenvalue weighted by atomic mass is 127. The van der Waals surface area contributed by atoms with Gasteiger partial charge in [-0.2, -0.15) is 0 Å². The number of halogens is 1. The fourth-order valence-corrected chi connectivity index (χ4v) is 4.64. The van der Waals surface area contributed by atoms with Gasteiger partial charge in [-0.25, -0.2) is 4.79 Å². The van der Waals surface area contributed by atoms with Crippen molar-refractivity contribution in [2.45, 2.75) is 58.1 Å². The van der Waals surface area contributed by atoms with Gasteiger partial charge < -0.3 is 37.9 Å². The third-order valence-electron chi connectivity index (χ3n) is 5.90. The van der Waals surface area contributed by atoms with Crippen LogP contribution in [0.3, 0.4) is 0 Å². The summed E-state index contributed by atoms with van der Waals surface area (Å²) in [5.74, 6) is 1.08. The van der Waals surface area contributed by atoms with E-state index in [2.05, 4.69) is 7.05 Å². The minimum Gasteiger partial charge on any atom is -1.00 e. The molecule has 146 valence electrons. The zero-order valence-electron chi connectivity index (χ0n) is 16.2. The van der Waals surface area contributed by atoms with Crippen LogP contribution < -0.4 is 28.7 Å². The first-order valence-electron chi connectivity index (χ1n) is 9.76. The second-order valence-electron chi connectivity index (χ2n) is 8.18. The second kappa shape index (κ2) is 9.40. The molecule has 4 nitrogen and oxygen atoms in total. The molecular weight excluding hydrogens is 441 g/mol. The molecule has 1 unspecified atom stereocenters. The van der Waals surface area contributed by atoms with E-state index < -0.39 is 0 Å². The topological polar surface area (TPSA) is 35.5 Å². The SMILES string of the molecule is CC(C)Oc1ccc(C(=O)OC[C@@H]2CCC[N+]3(C)CCCC[C@H]23)cc1.[I-]. The standard InChI is InChI=1S/C21H32NO3.HI/c1-16(2)25-19-11-9-17(10-12-19)21(23)24-15-18-7-6-14-22(3)13-5-4-8-20(18)22;/h9-12,16,18,20H,4-8,13-15H2,1-3H3;1H/q+1;/p-1/t18-,20+,22?;/m0./s1. The van der Waals surface area contributed by atoms with E-state index in [1.54, 1.807) is 12.1 Å². The van der Waals surface area contributed by atoms with E-state index >= 15 is 0 Å². The van der Waals surface area contributed by atoms with Crippen molar-refractivity contribution in [1.82, 2.24) is 0 Å². The Morgan fingerprint density at radius 2 is 1.81 bits per heavy atom. The minimum absolute atomic E-state index is 0. The molecule has 0 radical (unpaired) electrons. The smallest absolute Gasteiger partial charge is 0.338 e. The average molecular weight is 473 g/mol. The van der Waals surface area contributed by atoms with Gasteiger partial charge in [-0.15, -0.1) is 0 Å². The average Bonchev–Trinajstić information content (AvgIpc) is 2.59. The largest absolute Gasteiger partial charge is 1.00 e.